The van der Waals surface area contributed by atoms with Gasteiger partial charge >= 0.3 is 0 Å². The van der Waals surface area contributed by atoms with Crippen molar-refractivity contribution >= 4 is 13.0 Å². The molecule has 25 heavy (non-hydrogen) atoms. The molecule has 2 aromatic carbocycles. The Morgan fingerprint density at radius 3 is 2.16 bits per heavy atom. The summed E-state index contributed by atoms with van der Waals surface area (Å²) in [7, 11) is -2.06. The van der Waals surface area contributed by atoms with Gasteiger partial charge in [0.1, 0.15) is 6.61 Å². The number of hydroxylamine groups is 2. The molecule has 4 nitrogen and oxygen atoms in total. The summed E-state index contributed by atoms with van der Waals surface area (Å²) in [6, 6.07) is 18.3. The van der Waals surface area contributed by atoms with Crippen LogP contribution in [0.3, 0.4) is 0 Å². The standard InChI is InChI=1S/C20H26NO3P/c1-17(22)21(14-7-15-25(2,3)23)24-16-18-10-12-20(13-11-18)19-8-5-4-6-9-19/h4-6,8-13H,7,14-16H2,1-3H3. The molecule has 0 radical (unpaired) electrons. The lowest BCUT2D eigenvalue weighted by molar-refractivity contribution is -0.189. The van der Waals surface area contributed by atoms with Crippen molar-refractivity contribution in [2.45, 2.75) is 20.0 Å². The molecular formula is C20H26NO3P. The highest BCUT2D eigenvalue weighted by Gasteiger charge is 2.13. The monoisotopic (exact) mass is 359 g/mol. The van der Waals surface area contributed by atoms with Crippen molar-refractivity contribution in [1.82, 2.24) is 5.06 Å². The van der Waals surface area contributed by atoms with Crippen molar-refractivity contribution in [2.24, 2.45) is 0 Å². The summed E-state index contributed by atoms with van der Waals surface area (Å²) >= 11 is 0. The van der Waals surface area contributed by atoms with Gasteiger partial charge in [-0.1, -0.05) is 54.6 Å². The number of hydrogen-bond acceptors (Lipinski definition) is 3. The van der Waals surface area contributed by atoms with Gasteiger partial charge in [0.2, 0.25) is 5.91 Å². The van der Waals surface area contributed by atoms with E-state index in [1.54, 1.807) is 13.3 Å². The zero-order chi connectivity index (χ0) is 18.3. The maximum Gasteiger partial charge on any atom is 0.243 e. The topological polar surface area (TPSA) is 46.6 Å². The first-order valence-electron chi connectivity index (χ1n) is 8.44. The average Bonchev–Trinajstić information content (AvgIpc) is 2.58. The van der Waals surface area contributed by atoms with Gasteiger partial charge in [-0.3, -0.25) is 9.63 Å². The second kappa shape index (κ2) is 8.98. The summed E-state index contributed by atoms with van der Waals surface area (Å²) in [5.74, 6) is -0.136. The second-order valence-electron chi connectivity index (χ2n) is 6.61. The molecule has 0 aliphatic heterocycles. The fraction of sp³-hybridized carbons (Fsp3) is 0.350. The lowest BCUT2D eigenvalue weighted by Gasteiger charge is -2.21. The highest BCUT2D eigenvalue weighted by molar-refractivity contribution is 7.62. The third-order valence-electron chi connectivity index (χ3n) is 3.86. The largest absolute Gasteiger partial charge is 0.324 e. The van der Waals surface area contributed by atoms with E-state index in [9.17, 15) is 9.36 Å². The number of rotatable bonds is 8. The first kappa shape index (κ1) is 19.4. The van der Waals surface area contributed by atoms with Crippen LogP contribution in [0.4, 0.5) is 0 Å². The summed E-state index contributed by atoms with van der Waals surface area (Å²) in [6.45, 7) is 5.81. The van der Waals surface area contributed by atoms with Crippen LogP contribution in [0.2, 0.25) is 0 Å². The predicted octanol–water partition coefficient (Wildman–Crippen LogP) is 4.65. The Kier molecular flexibility index (Phi) is 6.98. The molecule has 0 saturated carbocycles. The molecule has 0 aliphatic rings. The highest BCUT2D eigenvalue weighted by Crippen LogP contribution is 2.36. The zero-order valence-electron chi connectivity index (χ0n) is 15.1. The molecule has 0 fully saturated rings. The third kappa shape index (κ3) is 6.85. The molecule has 1 amide bonds. The van der Waals surface area contributed by atoms with Crippen LogP contribution < -0.4 is 0 Å². The molecule has 5 heteroatoms. The Morgan fingerprint density at radius 2 is 1.60 bits per heavy atom. The van der Waals surface area contributed by atoms with Gasteiger partial charge in [0.25, 0.3) is 0 Å². The molecule has 0 heterocycles. The van der Waals surface area contributed by atoms with Crippen molar-refractivity contribution in [3.05, 3.63) is 60.2 Å². The fourth-order valence-corrected chi connectivity index (χ4v) is 3.39. The van der Waals surface area contributed by atoms with Crippen molar-refractivity contribution < 1.29 is 14.2 Å². The summed E-state index contributed by atoms with van der Waals surface area (Å²) in [4.78, 5) is 17.3. The average molecular weight is 359 g/mol. The summed E-state index contributed by atoms with van der Waals surface area (Å²) in [5.41, 5.74) is 3.32. The molecule has 0 bridgehead atoms. The number of amides is 1. The maximum atomic E-state index is 11.7. The molecule has 0 aromatic heterocycles. The Hall–Kier alpha value is -1.90. The van der Waals surface area contributed by atoms with Gasteiger partial charge in [0.15, 0.2) is 0 Å². The van der Waals surface area contributed by atoms with Gasteiger partial charge in [-0.15, -0.1) is 0 Å². The van der Waals surface area contributed by atoms with E-state index in [0.717, 1.165) is 11.1 Å². The molecule has 2 rings (SSSR count). The van der Waals surface area contributed by atoms with Crippen LogP contribution in [0.5, 0.6) is 0 Å². The van der Waals surface area contributed by atoms with E-state index < -0.39 is 7.14 Å². The predicted molar refractivity (Wildman–Crippen MR) is 103 cm³/mol. The highest BCUT2D eigenvalue weighted by atomic mass is 31.2. The smallest absolute Gasteiger partial charge is 0.243 e. The molecule has 0 spiro atoms. The Balaban J connectivity index is 1.89. The van der Waals surface area contributed by atoms with E-state index in [2.05, 4.69) is 24.3 Å². The van der Waals surface area contributed by atoms with E-state index in [0.29, 0.717) is 25.7 Å². The zero-order valence-corrected chi connectivity index (χ0v) is 16.0. The van der Waals surface area contributed by atoms with Crippen molar-refractivity contribution in [3.63, 3.8) is 0 Å². The molecule has 0 N–H and O–H groups in total. The minimum atomic E-state index is -2.06. The van der Waals surface area contributed by atoms with Gasteiger partial charge in [-0.05, 0) is 36.4 Å². The van der Waals surface area contributed by atoms with Gasteiger partial charge in [0.05, 0.1) is 7.14 Å². The fourth-order valence-electron chi connectivity index (χ4n) is 2.48. The maximum absolute atomic E-state index is 11.7. The van der Waals surface area contributed by atoms with Crippen LogP contribution in [0.15, 0.2) is 54.6 Å². The molecular weight excluding hydrogens is 333 g/mol. The first-order valence-corrected chi connectivity index (χ1v) is 11.2. The number of benzene rings is 2. The number of carbonyl (C=O) groups excluding carboxylic acids is 1. The Labute approximate surface area is 150 Å². The quantitative estimate of drug-likeness (QED) is 0.509. The second-order valence-corrected chi connectivity index (χ2v) is 10.2. The van der Waals surface area contributed by atoms with E-state index in [-0.39, 0.29) is 5.91 Å². The van der Waals surface area contributed by atoms with Gasteiger partial charge < -0.3 is 4.57 Å². The molecule has 134 valence electrons. The summed E-state index contributed by atoms with van der Waals surface area (Å²) in [6.07, 6.45) is 1.29. The van der Waals surface area contributed by atoms with Crippen LogP contribution in [-0.2, 0) is 20.8 Å². The van der Waals surface area contributed by atoms with E-state index in [4.69, 9.17) is 4.84 Å². The van der Waals surface area contributed by atoms with Crippen molar-refractivity contribution in [1.29, 1.82) is 0 Å². The lowest BCUT2D eigenvalue weighted by atomic mass is 10.0. The number of hydrogen-bond donors (Lipinski definition) is 0. The molecule has 0 unspecified atom stereocenters. The number of nitrogens with zero attached hydrogens (tertiary/aromatic N) is 1. The first-order chi connectivity index (χ1) is 11.8. The van der Waals surface area contributed by atoms with Crippen LogP contribution in [0.1, 0.15) is 18.9 Å². The van der Waals surface area contributed by atoms with E-state index >= 15 is 0 Å². The van der Waals surface area contributed by atoms with Crippen molar-refractivity contribution in [3.8, 4) is 11.1 Å². The van der Waals surface area contributed by atoms with E-state index in [1.807, 2.05) is 30.3 Å². The third-order valence-corrected chi connectivity index (χ3v) is 5.25. The van der Waals surface area contributed by atoms with Crippen LogP contribution in [0.25, 0.3) is 11.1 Å². The van der Waals surface area contributed by atoms with E-state index in [1.165, 1.54) is 17.6 Å². The minimum absolute atomic E-state index is 0.136. The summed E-state index contributed by atoms with van der Waals surface area (Å²) in [5, 5.41) is 1.36. The Morgan fingerprint density at radius 1 is 1.00 bits per heavy atom. The molecule has 0 aliphatic carbocycles. The van der Waals surface area contributed by atoms with Gasteiger partial charge in [-0.25, -0.2) is 5.06 Å². The van der Waals surface area contributed by atoms with Crippen LogP contribution in [-0.4, -0.2) is 37.0 Å². The van der Waals surface area contributed by atoms with Crippen LogP contribution >= 0.6 is 7.14 Å². The normalized spacial score (nSPS) is 11.3. The molecule has 0 atom stereocenters. The number of carbonyl (C=O) groups is 1. The Bertz CT molecular complexity index is 722. The van der Waals surface area contributed by atoms with Crippen molar-refractivity contribution in [2.75, 3.05) is 26.0 Å². The lowest BCUT2D eigenvalue weighted by Crippen LogP contribution is -2.30. The molecule has 2 aromatic rings. The SMILES string of the molecule is CC(=O)N(CCCP(C)(C)=O)OCc1ccc(-c2ccccc2)cc1. The summed E-state index contributed by atoms with van der Waals surface area (Å²) < 4.78 is 11.7. The van der Waals surface area contributed by atoms with Gasteiger partial charge in [0, 0.05) is 19.6 Å². The molecule has 0 saturated heterocycles. The van der Waals surface area contributed by atoms with Crippen LogP contribution in [0, 0.1) is 0 Å². The van der Waals surface area contributed by atoms with Gasteiger partial charge in [-0.2, -0.15) is 0 Å². The minimum Gasteiger partial charge on any atom is -0.324 e.